The topological polar surface area (TPSA) is 80.0 Å². The van der Waals surface area contributed by atoms with Crippen LogP contribution in [0.4, 0.5) is 0 Å². The minimum Gasteiger partial charge on any atom is -0.480 e. The fourth-order valence-corrected chi connectivity index (χ4v) is 2.81. The Labute approximate surface area is 131 Å². The van der Waals surface area contributed by atoms with Gasteiger partial charge in [0.05, 0.1) is 18.2 Å². The smallest absolute Gasteiger partial charge is 0.328 e. The van der Waals surface area contributed by atoms with E-state index in [0.717, 1.165) is 5.39 Å². The van der Waals surface area contributed by atoms with Crippen molar-refractivity contribution in [3.05, 3.63) is 34.5 Å². The van der Waals surface area contributed by atoms with Gasteiger partial charge in [0.1, 0.15) is 0 Å². The maximum Gasteiger partial charge on any atom is 0.328 e. The molecule has 2 heterocycles. The quantitative estimate of drug-likeness (QED) is 0.917. The Balaban J connectivity index is 2.03. The van der Waals surface area contributed by atoms with E-state index in [4.69, 9.17) is 20.8 Å². The minimum absolute atomic E-state index is 0.0267. The van der Waals surface area contributed by atoms with Crippen LogP contribution < -0.4 is 0 Å². The first-order valence-corrected chi connectivity index (χ1v) is 7.17. The van der Waals surface area contributed by atoms with Crippen LogP contribution >= 0.6 is 11.6 Å². The highest BCUT2D eigenvalue weighted by molar-refractivity contribution is 6.35. The Hall–Kier alpha value is -2.05. The first kappa shape index (κ1) is 14.9. The van der Waals surface area contributed by atoms with E-state index in [1.807, 2.05) is 6.07 Å². The molecule has 1 fully saturated rings. The van der Waals surface area contributed by atoms with Gasteiger partial charge in [-0.1, -0.05) is 23.7 Å². The molecule has 0 unspecified atom stereocenters. The number of carbonyl (C=O) groups is 2. The van der Waals surface area contributed by atoms with Gasteiger partial charge in [-0.3, -0.25) is 4.79 Å². The fraction of sp³-hybridized carbons (Fsp3) is 0.333. The number of benzene rings is 1. The Morgan fingerprint density at radius 1 is 1.41 bits per heavy atom. The Bertz CT molecular complexity index is 754. The number of aryl methyl sites for hydroxylation is 1. The molecular formula is C15H14ClNO5. The maximum atomic E-state index is 12.7. The van der Waals surface area contributed by atoms with Crippen molar-refractivity contribution < 1.29 is 23.8 Å². The largest absolute Gasteiger partial charge is 0.480 e. The van der Waals surface area contributed by atoms with Crippen LogP contribution in [0.2, 0.25) is 5.02 Å². The number of para-hydroxylation sites is 1. The van der Waals surface area contributed by atoms with Crippen LogP contribution in [0.5, 0.6) is 0 Å². The number of amides is 1. The minimum atomic E-state index is -1.10. The summed E-state index contributed by atoms with van der Waals surface area (Å²) >= 11 is 6.08. The zero-order valence-corrected chi connectivity index (χ0v) is 12.6. The van der Waals surface area contributed by atoms with Crippen molar-refractivity contribution in [3.63, 3.8) is 0 Å². The molecule has 1 aliphatic heterocycles. The maximum absolute atomic E-state index is 12.7. The zero-order valence-electron chi connectivity index (χ0n) is 11.8. The van der Waals surface area contributed by atoms with Gasteiger partial charge in [-0.05, 0) is 13.0 Å². The number of halogens is 1. The molecule has 0 saturated carbocycles. The number of furan rings is 1. The predicted octanol–water partition coefficient (Wildman–Crippen LogP) is 2.32. The van der Waals surface area contributed by atoms with E-state index >= 15 is 0 Å². The summed E-state index contributed by atoms with van der Waals surface area (Å²) in [5.74, 6) is -1.43. The second-order valence-electron chi connectivity index (χ2n) is 5.10. The van der Waals surface area contributed by atoms with E-state index in [-0.39, 0.29) is 18.9 Å². The number of morpholine rings is 1. The molecule has 7 heteroatoms. The number of hydrogen-bond acceptors (Lipinski definition) is 4. The monoisotopic (exact) mass is 323 g/mol. The van der Waals surface area contributed by atoms with Crippen molar-refractivity contribution in [2.45, 2.75) is 13.0 Å². The molecule has 0 bridgehead atoms. The lowest BCUT2D eigenvalue weighted by Crippen LogP contribution is -2.52. The molecule has 6 nitrogen and oxygen atoms in total. The molecule has 0 aliphatic carbocycles. The molecule has 1 amide bonds. The van der Waals surface area contributed by atoms with Gasteiger partial charge >= 0.3 is 5.97 Å². The summed E-state index contributed by atoms with van der Waals surface area (Å²) in [6.07, 6.45) is 0. The molecule has 1 aromatic heterocycles. The Morgan fingerprint density at radius 2 is 2.18 bits per heavy atom. The average molecular weight is 324 g/mol. The number of carboxylic acids is 1. The lowest BCUT2D eigenvalue weighted by atomic mass is 10.1. The number of fused-ring (bicyclic) bond motifs is 1. The molecule has 116 valence electrons. The predicted molar refractivity (Wildman–Crippen MR) is 79.2 cm³/mol. The first-order valence-electron chi connectivity index (χ1n) is 6.80. The highest BCUT2D eigenvalue weighted by Crippen LogP contribution is 2.31. The molecule has 22 heavy (non-hydrogen) atoms. The number of rotatable bonds is 2. The molecule has 3 rings (SSSR count). The molecular weight excluding hydrogens is 310 g/mol. The third-order valence-corrected chi connectivity index (χ3v) is 4.08. The average Bonchev–Trinajstić information content (AvgIpc) is 2.85. The van der Waals surface area contributed by atoms with E-state index in [2.05, 4.69) is 0 Å². The van der Waals surface area contributed by atoms with E-state index in [1.54, 1.807) is 19.1 Å². The standard InChI is InChI=1S/C15H14ClNO5/c1-8-9-3-2-4-10(16)13(9)22-12(8)14(18)17-5-6-21-7-11(17)15(19)20/h2-4,11H,5-7H2,1H3,(H,19,20)/t11-/m0/s1. The third kappa shape index (κ3) is 2.34. The molecule has 1 saturated heterocycles. The molecule has 1 N–H and O–H groups in total. The molecule has 1 aromatic carbocycles. The molecule has 1 atom stereocenters. The van der Waals surface area contributed by atoms with E-state index < -0.39 is 17.9 Å². The Kier molecular flexibility index (Phi) is 3.80. The van der Waals surface area contributed by atoms with Crippen LogP contribution in [0, 0.1) is 6.92 Å². The summed E-state index contributed by atoms with van der Waals surface area (Å²) in [6, 6.07) is 4.25. The summed E-state index contributed by atoms with van der Waals surface area (Å²) in [5.41, 5.74) is 1.09. The third-order valence-electron chi connectivity index (χ3n) is 3.78. The number of hydrogen-bond donors (Lipinski definition) is 1. The highest BCUT2D eigenvalue weighted by Gasteiger charge is 2.35. The van der Waals surface area contributed by atoms with Gasteiger partial charge < -0.3 is 19.2 Å². The van der Waals surface area contributed by atoms with E-state index in [9.17, 15) is 14.7 Å². The SMILES string of the molecule is Cc1c(C(=O)N2CCOC[C@H]2C(=O)O)oc2c(Cl)cccc12. The van der Waals surface area contributed by atoms with Gasteiger partial charge in [0.25, 0.3) is 5.91 Å². The molecule has 0 spiro atoms. The van der Waals surface area contributed by atoms with Crippen LogP contribution in [0.15, 0.2) is 22.6 Å². The molecule has 0 radical (unpaired) electrons. The number of carboxylic acid groups (broad SMARTS) is 1. The van der Waals surface area contributed by atoms with Crippen molar-refractivity contribution >= 4 is 34.4 Å². The number of nitrogens with zero attached hydrogens (tertiary/aromatic N) is 1. The van der Waals surface area contributed by atoms with E-state index in [1.165, 1.54) is 4.90 Å². The van der Waals surface area contributed by atoms with Gasteiger partial charge in [-0.2, -0.15) is 0 Å². The summed E-state index contributed by atoms with van der Waals surface area (Å²) < 4.78 is 10.8. The number of carbonyl (C=O) groups excluding carboxylic acids is 1. The van der Waals surface area contributed by atoms with Crippen molar-refractivity contribution in [2.24, 2.45) is 0 Å². The fourth-order valence-electron chi connectivity index (χ4n) is 2.59. The van der Waals surface area contributed by atoms with Crippen LogP contribution in [0.3, 0.4) is 0 Å². The Morgan fingerprint density at radius 3 is 2.86 bits per heavy atom. The van der Waals surface area contributed by atoms with Crippen LogP contribution in [-0.4, -0.2) is 47.7 Å². The highest BCUT2D eigenvalue weighted by atomic mass is 35.5. The lowest BCUT2D eigenvalue weighted by molar-refractivity contribution is -0.147. The van der Waals surface area contributed by atoms with Crippen molar-refractivity contribution in [2.75, 3.05) is 19.8 Å². The second kappa shape index (κ2) is 5.62. The van der Waals surface area contributed by atoms with Gasteiger partial charge in [-0.25, -0.2) is 4.79 Å². The van der Waals surface area contributed by atoms with Crippen LogP contribution in [0.25, 0.3) is 11.0 Å². The zero-order chi connectivity index (χ0) is 15.9. The van der Waals surface area contributed by atoms with Gasteiger partial charge in [-0.15, -0.1) is 0 Å². The van der Waals surface area contributed by atoms with E-state index in [0.29, 0.717) is 22.8 Å². The summed E-state index contributed by atoms with van der Waals surface area (Å²) in [5, 5.41) is 10.4. The number of ether oxygens (including phenoxy) is 1. The van der Waals surface area contributed by atoms with Crippen molar-refractivity contribution in [3.8, 4) is 0 Å². The van der Waals surface area contributed by atoms with Crippen molar-refractivity contribution in [1.82, 2.24) is 4.90 Å². The lowest BCUT2D eigenvalue weighted by Gasteiger charge is -2.32. The van der Waals surface area contributed by atoms with Crippen LogP contribution in [-0.2, 0) is 9.53 Å². The summed E-state index contributed by atoms with van der Waals surface area (Å²) in [6.45, 7) is 2.24. The summed E-state index contributed by atoms with van der Waals surface area (Å²) in [7, 11) is 0. The normalized spacial score (nSPS) is 18.6. The van der Waals surface area contributed by atoms with Crippen molar-refractivity contribution in [1.29, 1.82) is 0 Å². The summed E-state index contributed by atoms with van der Waals surface area (Å²) in [4.78, 5) is 25.2. The number of aliphatic carboxylic acids is 1. The van der Waals surface area contributed by atoms with Gasteiger partial charge in [0.2, 0.25) is 0 Å². The van der Waals surface area contributed by atoms with Crippen LogP contribution in [0.1, 0.15) is 16.1 Å². The molecule has 1 aliphatic rings. The second-order valence-corrected chi connectivity index (χ2v) is 5.51. The van der Waals surface area contributed by atoms with Gasteiger partial charge in [0, 0.05) is 17.5 Å². The first-order chi connectivity index (χ1) is 10.5. The molecule has 2 aromatic rings. The van der Waals surface area contributed by atoms with Gasteiger partial charge in [0.15, 0.2) is 17.4 Å².